The quantitative estimate of drug-likeness (QED) is 0.0118. The number of fused-ring (bicyclic) bond motifs is 22. The molecule has 3 aromatic heterocycles. The number of benzene rings is 3. The van der Waals surface area contributed by atoms with E-state index in [1.165, 1.54) is 61.3 Å². The number of aliphatic hydroxyl groups excluding tert-OH is 2. The number of primary amides is 3. The Hall–Kier alpha value is -7.50. The summed E-state index contributed by atoms with van der Waals surface area (Å²) in [6.07, 6.45) is 31.7. The second kappa shape index (κ2) is 55.4. The maximum Gasteiger partial charge on any atom is 1.00 e. The summed E-state index contributed by atoms with van der Waals surface area (Å²) in [5, 5.41) is 28.3. The number of thiophene rings is 3. The monoisotopic (exact) mass is 2190 g/mol. The van der Waals surface area contributed by atoms with Crippen molar-refractivity contribution in [2.24, 2.45) is 34.0 Å². The van der Waals surface area contributed by atoms with E-state index in [1.807, 2.05) is 57.6 Å². The number of nitrogen functional groups attached to an aromatic ring is 1. The Morgan fingerprint density at radius 1 is 0.442 bits per heavy atom. The van der Waals surface area contributed by atoms with Crippen LogP contribution < -0.4 is 52.5 Å². The molecule has 11 unspecified atom stereocenters. The normalized spacial score (nSPS) is 27.4. The van der Waals surface area contributed by atoms with E-state index in [0.29, 0.717) is 140 Å². The van der Waals surface area contributed by atoms with Crippen LogP contribution in [0, 0.1) is 11.8 Å². The molecule has 6 aromatic rings. The number of esters is 3. The van der Waals surface area contributed by atoms with Gasteiger partial charge in [0.2, 0.25) is 17.9 Å². The van der Waals surface area contributed by atoms with Gasteiger partial charge in [-0.05, 0) is 280 Å². The van der Waals surface area contributed by atoms with Crippen LogP contribution >= 0.6 is 93.6 Å². The predicted octanol–water partition coefficient (Wildman–Crippen LogP) is 10.6. The zero-order valence-corrected chi connectivity index (χ0v) is 94.5. The summed E-state index contributed by atoms with van der Waals surface area (Å²) in [6, 6.07) is 27.6. The summed E-state index contributed by atoms with van der Waals surface area (Å²) >= 11 is 22.1. The topological polar surface area (TPSA) is 436 Å². The third-order valence-electron chi connectivity index (χ3n) is 32.6. The Morgan fingerprint density at radius 2 is 0.810 bits per heavy atom. The van der Waals surface area contributed by atoms with E-state index in [4.69, 9.17) is 77.4 Å². The molecule has 19 heterocycles. The Balaban J connectivity index is 0.000000206. The number of methoxy groups -OCH3 is 3. The number of carboxylic acid groups (broad SMARTS) is 1. The largest absolute Gasteiger partial charge is 1.00 e. The minimum Gasteiger partial charge on any atom is -1.00 e. The zero-order valence-electron chi connectivity index (χ0n) is 87.1. The number of carboxylic acids is 1. The van der Waals surface area contributed by atoms with Gasteiger partial charge >= 0.3 is 53.4 Å². The van der Waals surface area contributed by atoms with Gasteiger partial charge in [-0.2, -0.15) is 4.99 Å². The van der Waals surface area contributed by atoms with Crippen LogP contribution in [-0.2, 0) is 102 Å². The first-order valence-corrected chi connectivity index (χ1v) is 53.2. The van der Waals surface area contributed by atoms with E-state index in [9.17, 15) is 62.6 Å². The Bertz CT molecular complexity index is 5640. The molecule has 795 valence electrons. The number of aliphatic carboxylic acids is 1. The molecule has 3 radical (unpaired) electrons. The predicted molar refractivity (Wildman–Crippen MR) is 575 cm³/mol. The number of amides is 3. The Kier molecular flexibility index (Phi) is 46.3. The number of ketones is 4. The fourth-order valence-electron chi connectivity index (χ4n) is 24.8. The summed E-state index contributed by atoms with van der Waals surface area (Å²) in [7, 11) is 21.8. The second-order valence-electron chi connectivity index (χ2n) is 40.1. The van der Waals surface area contributed by atoms with Gasteiger partial charge in [0.05, 0.1) is 77.9 Å². The third kappa shape index (κ3) is 28.2. The number of anilines is 1. The van der Waals surface area contributed by atoms with Gasteiger partial charge in [0.25, 0.3) is 5.91 Å². The molecule has 19 atom stereocenters. The molecule has 3 amide bonds. The molecule has 11 saturated heterocycles. The fourth-order valence-corrected chi connectivity index (χ4v) is 29.3. The van der Waals surface area contributed by atoms with Gasteiger partial charge in [0.15, 0.2) is 0 Å². The number of nitrogens with two attached hydrogens (primary N) is 4. The molecule has 22 rings (SSSR count). The molecule has 16 aliphatic heterocycles. The maximum atomic E-state index is 12.6. The van der Waals surface area contributed by atoms with E-state index in [2.05, 4.69) is 84.2 Å². The number of isocyanates is 1. The van der Waals surface area contributed by atoms with E-state index in [0.717, 1.165) is 185 Å². The fraction of sp³-hybridized carbons (Fsp3) is 0.566. The van der Waals surface area contributed by atoms with Gasteiger partial charge in [-0.15, -0.1) is 58.8 Å². The number of ether oxygens (including phenoxy) is 3. The Labute approximate surface area is 926 Å². The van der Waals surface area contributed by atoms with Crippen molar-refractivity contribution in [1.29, 1.82) is 0 Å². The van der Waals surface area contributed by atoms with Crippen molar-refractivity contribution in [3.8, 4) is 0 Å². The molecule has 16 aliphatic rings. The van der Waals surface area contributed by atoms with Crippen LogP contribution in [0.25, 0.3) is 0 Å². The minimum atomic E-state index is -0.743. The summed E-state index contributed by atoms with van der Waals surface area (Å²) in [5.41, 5.74) is 31.8. The number of nitrogens with zero attached hydrogens (tertiary/aromatic N) is 9. The van der Waals surface area contributed by atoms with Gasteiger partial charge in [-0.3, -0.25) is 82.4 Å². The van der Waals surface area contributed by atoms with Crippen LogP contribution in [0.5, 0.6) is 0 Å². The second-order valence-corrected chi connectivity index (χ2v) is 44.9. The van der Waals surface area contributed by atoms with Crippen molar-refractivity contribution in [2.45, 2.75) is 289 Å². The molecule has 0 spiro atoms. The number of carbonyl (C=O) groups excluding carboxylic acids is 11. The van der Waals surface area contributed by atoms with Crippen LogP contribution in [0.4, 0.5) is 10.7 Å². The van der Waals surface area contributed by atoms with Crippen molar-refractivity contribution in [3.63, 3.8) is 0 Å². The zero-order chi connectivity index (χ0) is 104. The standard InChI is InChI=1S/2C20H21ClN2O2S.C11H15N3OS.C10H17NO3.C10H15NO3.C10H15NO2.C9H13NO2.C8H13NO.C7H4ClNO.CH4O.B.2ClH.Na.H/c2*1-23-13-6-7-15(23)18-16(9-13)26-17(19(18)20(22)25)10-14(24)8-11-2-4-12(21)5-3-11;1-14-5-2-3-6(14)8-7(4-5)16-11(13)9(8)10(12)15;2*1-11-6-3-4-7(11)9(8(12)5-6)10(13)14-2;1-11-7-3-5-8(10(12)13-2)9(11)6-4-7;1-10-6-2-4-7(9(11)12)8(10)5-3-6;1-9-6-2-4-7(9)8(10)5-3-6;8-6-1-3-7(4-2-6)9-5-10;1-2;;;;;/h2*2-5,13,15H,6-10H2,1H3,(H2,22,25);5-6H,2-4,13H2,1H3,(H2,12,15);6-9,12H,3-5H2,1-2H3;6-7,9H,3-5H2,1-2H3;5,7,9H,3-4,6H2,1-2H3;4,6,8H,2-3,5H2,1H3,(H,11,12);6-7H,2-5H2,1H3;1-4H;2H,1H3;;2*1H;;/q;;;;;;;;;;;;;+1;-1/t2*13-,15?;5-,6?;6-,7?,8?,9?;6-,7?,9?;7-,9?;6-,8?;6-,7?;;;;;;;/m11111001......./s1. The number of likely N-dealkylation sites (N-methyl/N-ethyl adjacent to an activating group) is 6. The smallest absolute Gasteiger partial charge is 1.00 e. The molecule has 3 aromatic carbocycles. The van der Waals surface area contributed by atoms with Crippen LogP contribution in [0.15, 0.2) is 101 Å². The molecule has 0 aliphatic carbocycles. The molecule has 16 bridgehead atoms. The summed E-state index contributed by atoms with van der Waals surface area (Å²) in [6.45, 7) is 0. The first kappa shape index (κ1) is 123. The number of piperidine rings is 3. The van der Waals surface area contributed by atoms with Crippen LogP contribution in [0.1, 0.15) is 244 Å². The van der Waals surface area contributed by atoms with Crippen molar-refractivity contribution >= 4 is 184 Å². The number of rotatable bonds is 16. The van der Waals surface area contributed by atoms with Gasteiger partial charge in [0.1, 0.15) is 29.1 Å². The van der Waals surface area contributed by atoms with Gasteiger partial charge in [-0.25, -0.2) is 14.4 Å². The molecule has 147 heavy (non-hydrogen) atoms. The first-order valence-electron chi connectivity index (χ1n) is 49.6. The van der Waals surface area contributed by atoms with Crippen molar-refractivity contribution in [3.05, 3.63) is 180 Å². The number of Topliss-reactive ketones (excluding diaryl/α,β-unsaturated/α-hetero) is 4. The van der Waals surface area contributed by atoms with Crippen LogP contribution in [0.2, 0.25) is 15.1 Å². The minimum absolute atomic E-state index is 0. The molecule has 0 saturated carbocycles. The summed E-state index contributed by atoms with van der Waals surface area (Å²) in [5.74, 6) is -2.91. The van der Waals surface area contributed by atoms with E-state index in [-0.39, 0.29) is 154 Å². The average molecular weight is 2190 g/mol. The number of halogens is 5. The number of aliphatic hydroxyl groups is 2. The molecule has 11 N–H and O–H groups in total. The summed E-state index contributed by atoms with van der Waals surface area (Å²) < 4.78 is 14.2. The SMILES string of the molecule is CN1C2CC[C@@H]1CC=C2C(=O)O.CN1C2CC[C@@H]1CCC2=O.CN1C2CC[C@@H]1Cc1sc(CC(=O)Cc3ccc(Cl)cc3)c(C(N)=O)c12.CN1C2CC[C@@H]1Cc1sc(CC(=O)Cc3ccc(Cl)cc3)c(C(N)=O)c12.CN1C2CC[C@@H]1Cc1sc(N)c(C(N)=O)c12.CO.COC(=O)C1=CC[C@H]2CCC1N2C.COC(=O)C1C(=O)C[C@H]2CCC1N2C.COC(=O)C1C(O)C[C@H]2CCC1N2C.Cl.Cl.O=C=Nc1ccc(Cl)cc1.[B].[H-].[Na+]. The molecule has 31 nitrogen and oxygen atoms in total. The third-order valence-corrected chi connectivity index (χ3v) is 36.8. The molecular weight excluding hydrogens is 2050 g/mol. The van der Waals surface area contributed by atoms with Crippen molar-refractivity contribution < 1.29 is 118 Å². The van der Waals surface area contributed by atoms with E-state index in [1.54, 1.807) is 82.5 Å². The van der Waals surface area contributed by atoms with E-state index >= 15 is 0 Å². The molecule has 11 fully saturated rings. The van der Waals surface area contributed by atoms with Gasteiger partial charge < -0.3 is 53.9 Å². The van der Waals surface area contributed by atoms with Crippen LogP contribution in [0.3, 0.4) is 0 Å². The Morgan fingerprint density at radius 3 is 1.24 bits per heavy atom. The average Bonchev–Trinajstić information content (AvgIpc) is 1.59. The molecular formula is C106H141BCl5N13NaO18S3. The van der Waals surface area contributed by atoms with Gasteiger partial charge in [0, 0.05) is 184 Å². The molecule has 41 heteroatoms. The first-order chi connectivity index (χ1) is 68.3. The van der Waals surface area contributed by atoms with Crippen molar-refractivity contribution in [2.75, 3.05) is 90.6 Å². The number of hydrogen-bond donors (Lipinski definition) is 7. The number of carbonyl (C=O) groups is 11. The number of hydrogen-bond acceptors (Lipinski definition) is 30. The van der Waals surface area contributed by atoms with Crippen LogP contribution in [-0.4, -0.2) is 303 Å². The summed E-state index contributed by atoms with van der Waals surface area (Å²) in [4.78, 5) is 166. The van der Waals surface area contributed by atoms with Crippen molar-refractivity contribution in [1.82, 2.24) is 39.2 Å². The van der Waals surface area contributed by atoms with E-state index < -0.39 is 29.8 Å². The maximum absolute atomic E-state index is 12.6. The van der Waals surface area contributed by atoms with Gasteiger partial charge in [-0.1, -0.05) is 71.2 Å². The number of aliphatic imine (C=N–C) groups is 1.